The number of hydrogen-bond donors (Lipinski definition) is 2. The molecule has 0 atom stereocenters. The summed E-state index contributed by atoms with van der Waals surface area (Å²) in [6, 6.07) is 8.08. The van der Waals surface area contributed by atoms with Crippen molar-refractivity contribution in [3.05, 3.63) is 34.9 Å². The number of rotatable bonds is 3. The Morgan fingerprint density at radius 3 is 2.61 bits per heavy atom. The minimum absolute atomic E-state index is 0.198. The summed E-state index contributed by atoms with van der Waals surface area (Å²) in [7, 11) is 0. The summed E-state index contributed by atoms with van der Waals surface area (Å²) in [6.45, 7) is 6.14. The first-order chi connectivity index (χ1) is 10.7. The van der Waals surface area contributed by atoms with Crippen molar-refractivity contribution in [2.45, 2.75) is 63.5 Å². The van der Waals surface area contributed by atoms with Crippen molar-refractivity contribution in [2.24, 2.45) is 5.73 Å². The molecule has 1 amide bonds. The van der Waals surface area contributed by atoms with Gasteiger partial charge in [-0.15, -0.1) is 0 Å². The van der Waals surface area contributed by atoms with Gasteiger partial charge in [0.25, 0.3) is 0 Å². The highest BCUT2D eigenvalue weighted by atomic mass is 35.5. The molecule has 4 nitrogen and oxygen atoms in total. The molecule has 0 heterocycles. The molecule has 1 aromatic carbocycles. The molecule has 3 N–H and O–H groups in total. The molecule has 0 radical (unpaired) electrons. The Balaban J connectivity index is 2.14. The SMILES string of the molecule is CC(C)(C)NC(=O)OCC1(c2cccc(Cl)c2)CCC(N)CC1. The average molecular weight is 339 g/mol. The second-order valence-corrected chi connectivity index (χ2v) is 8.02. The maximum absolute atomic E-state index is 12.0. The highest BCUT2D eigenvalue weighted by Gasteiger charge is 2.37. The molecule has 1 aromatic rings. The number of amides is 1. The third kappa shape index (κ3) is 5.11. The van der Waals surface area contributed by atoms with Crippen LogP contribution in [0.1, 0.15) is 52.0 Å². The maximum Gasteiger partial charge on any atom is 0.407 e. The van der Waals surface area contributed by atoms with Gasteiger partial charge in [-0.25, -0.2) is 4.79 Å². The number of hydrogen-bond acceptors (Lipinski definition) is 3. The first-order valence-electron chi connectivity index (χ1n) is 8.17. The molecule has 0 aromatic heterocycles. The highest BCUT2D eigenvalue weighted by Crippen LogP contribution is 2.40. The number of carbonyl (C=O) groups is 1. The molecule has 1 saturated carbocycles. The van der Waals surface area contributed by atoms with E-state index in [1.54, 1.807) is 0 Å². The number of halogens is 1. The van der Waals surface area contributed by atoms with E-state index in [9.17, 15) is 4.79 Å². The molecular weight excluding hydrogens is 312 g/mol. The molecule has 0 bridgehead atoms. The van der Waals surface area contributed by atoms with E-state index in [2.05, 4.69) is 11.4 Å². The van der Waals surface area contributed by atoms with E-state index >= 15 is 0 Å². The minimum atomic E-state index is -0.381. The van der Waals surface area contributed by atoms with Crippen LogP contribution in [0.3, 0.4) is 0 Å². The van der Waals surface area contributed by atoms with Crippen LogP contribution in [0.15, 0.2) is 24.3 Å². The Morgan fingerprint density at radius 1 is 1.39 bits per heavy atom. The van der Waals surface area contributed by atoms with Gasteiger partial charge >= 0.3 is 6.09 Å². The van der Waals surface area contributed by atoms with E-state index < -0.39 is 0 Å². The lowest BCUT2D eigenvalue weighted by atomic mass is 9.69. The van der Waals surface area contributed by atoms with Gasteiger partial charge < -0.3 is 15.8 Å². The van der Waals surface area contributed by atoms with Gasteiger partial charge in [0.05, 0.1) is 0 Å². The number of nitrogens with two attached hydrogens (primary N) is 1. The van der Waals surface area contributed by atoms with Crippen LogP contribution in [0.5, 0.6) is 0 Å². The zero-order valence-electron chi connectivity index (χ0n) is 14.2. The normalized spacial score (nSPS) is 25.0. The summed E-state index contributed by atoms with van der Waals surface area (Å²) >= 11 is 6.16. The van der Waals surface area contributed by atoms with Crippen molar-refractivity contribution in [3.8, 4) is 0 Å². The fraction of sp³-hybridized carbons (Fsp3) is 0.611. The molecule has 1 aliphatic carbocycles. The molecule has 0 spiro atoms. The molecule has 23 heavy (non-hydrogen) atoms. The molecular formula is C18H27ClN2O2. The molecule has 5 heteroatoms. The summed E-state index contributed by atoms with van der Waals surface area (Å²) in [4.78, 5) is 12.0. The van der Waals surface area contributed by atoms with Crippen LogP contribution < -0.4 is 11.1 Å². The van der Waals surface area contributed by atoms with Crippen LogP contribution in [-0.4, -0.2) is 24.3 Å². The van der Waals surface area contributed by atoms with Crippen LogP contribution in [0.25, 0.3) is 0 Å². The number of benzene rings is 1. The Kier molecular flexibility index (Phi) is 5.58. The summed E-state index contributed by atoms with van der Waals surface area (Å²) in [5, 5.41) is 3.54. The Labute approximate surface area is 143 Å². The maximum atomic E-state index is 12.0. The lowest BCUT2D eigenvalue weighted by Gasteiger charge is -2.39. The molecule has 0 saturated heterocycles. The fourth-order valence-electron chi connectivity index (χ4n) is 3.07. The van der Waals surface area contributed by atoms with Crippen molar-refractivity contribution < 1.29 is 9.53 Å². The minimum Gasteiger partial charge on any atom is -0.449 e. The van der Waals surface area contributed by atoms with Crippen molar-refractivity contribution in [1.82, 2.24) is 5.32 Å². The van der Waals surface area contributed by atoms with E-state index in [4.69, 9.17) is 22.1 Å². The molecule has 0 aliphatic heterocycles. The first kappa shape index (κ1) is 18.1. The number of nitrogens with one attached hydrogen (secondary N) is 1. The highest BCUT2D eigenvalue weighted by molar-refractivity contribution is 6.30. The average Bonchev–Trinajstić information content (AvgIpc) is 2.45. The Bertz CT molecular complexity index is 546. The Hall–Kier alpha value is -1.26. The van der Waals surface area contributed by atoms with Crippen molar-refractivity contribution in [2.75, 3.05) is 6.61 Å². The molecule has 1 fully saturated rings. The molecule has 128 valence electrons. The van der Waals surface area contributed by atoms with Gasteiger partial charge in [0.15, 0.2) is 0 Å². The van der Waals surface area contributed by atoms with Crippen LogP contribution in [0, 0.1) is 0 Å². The van der Waals surface area contributed by atoms with Gasteiger partial charge in [0.2, 0.25) is 0 Å². The van der Waals surface area contributed by atoms with Gasteiger partial charge in [-0.3, -0.25) is 0 Å². The van der Waals surface area contributed by atoms with Crippen LogP contribution >= 0.6 is 11.6 Å². The predicted octanol–water partition coefficient (Wildman–Crippen LogP) is 4.00. The van der Waals surface area contributed by atoms with Gasteiger partial charge in [0.1, 0.15) is 6.61 Å². The Morgan fingerprint density at radius 2 is 2.04 bits per heavy atom. The summed E-state index contributed by atoms with van der Waals surface area (Å²) < 4.78 is 5.56. The van der Waals surface area contributed by atoms with E-state index in [0.29, 0.717) is 11.6 Å². The molecule has 1 aliphatic rings. The van der Waals surface area contributed by atoms with Gasteiger partial charge in [-0.05, 0) is 64.2 Å². The predicted molar refractivity (Wildman–Crippen MR) is 93.8 cm³/mol. The van der Waals surface area contributed by atoms with Crippen molar-refractivity contribution in [3.63, 3.8) is 0 Å². The number of alkyl carbamates (subject to hydrolysis) is 1. The van der Waals surface area contributed by atoms with Crippen LogP contribution in [-0.2, 0) is 10.2 Å². The largest absolute Gasteiger partial charge is 0.449 e. The van der Waals surface area contributed by atoms with Crippen LogP contribution in [0.2, 0.25) is 5.02 Å². The molecule has 0 unspecified atom stereocenters. The van der Waals surface area contributed by atoms with Gasteiger partial charge in [-0.1, -0.05) is 23.7 Å². The molecule has 2 rings (SSSR count). The lowest BCUT2D eigenvalue weighted by molar-refractivity contribution is 0.0904. The van der Waals surface area contributed by atoms with E-state index in [1.807, 2.05) is 39.0 Å². The second kappa shape index (κ2) is 7.10. The monoisotopic (exact) mass is 338 g/mol. The van der Waals surface area contributed by atoms with Gasteiger partial charge in [-0.2, -0.15) is 0 Å². The van der Waals surface area contributed by atoms with Crippen LogP contribution in [0.4, 0.5) is 4.79 Å². The summed E-state index contributed by atoms with van der Waals surface area (Å²) in [5.74, 6) is 0. The van der Waals surface area contributed by atoms with E-state index in [-0.39, 0.29) is 23.1 Å². The standard InChI is InChI=1S/C18H27ClN2O2/c1-17(2,3)21-16(22)23-12-18(9-7-15(20)8-10-18)13-5-4-6-14(19)11-13/h4-6,11,15H,7-10,12,20H2,1-3H3,(H,21,22). The lowest BCUT2D eigenvalue weighted by Crippen LogP contribution is -2.45. The van der Waals surface area contributed by atoms with E-state index in [0.717, 1.165) is 31.2 Å². The quantitative estimate of drug-likeness (QED) is 0.875. The zero-order chi connectivity index (χ0) is 17.1. The summed E-state index contributed by atoms with van der Waals surface area (Å²) in [5.41, 5.74) is 6.67. The number of carbonyl (C=O) groups excluding carboxylic acids is 1. The first-order valence-corrected chi connectivity index (χ1v) is 8.55. The van der Waals surface area contributed by atoms with E-state index in [1.165, 1.54) is 0 Å². The zero-order valence-corrected chi connectivity index (χ0v) is 15.0. The third-order valence-electron chi connectivity index (χ3n) is 4.38. The second-order valence-electron chi connectivity index (χ2n) is 7.58. The number of ether oxygens (including phenoxy) is 1. The smallest absolute Gasteiger partial charge is 0.407 e. The fourth-order valence-corrected chi connectivity index (χ4v) is 3.26. The third-order valence-corrected chi connectivity index (χ3v) is 4.62. The topological polar surface area (TPSA) is 64.3 Å². The van der Waals surface area contributed by atoms with Crippen molar-refractivity contribution >= 4 is 17.7 Å². The summed E-state index contributed by atoms with van der Waals surface area (Å²) in [6.07, 6.45) is 3.27. The van der Waals surface area contributed by atoms with Gasteiger partial charge in [0, 0.05) is 22.0 Å². The van der Waals surface area contributed by atoms with Crippen molar-refractivity contribution in [1.29, 1.82) is 0 Å².